The summed E-state index contributed by atoms with van der Waals surface area (Å²) in [6.07, 6.45) is 12.9. The van der Waals surface area contributed by atoms with Crippen LogP contribution in [0.15, 0.2) is 0 Å². The highest BCUT2D eigenvalue weighted by molar-refractivity contribution is 5.74. The van der Waals surface area contributed by atoms with E-state index in [4.69, 9.17) is 4.74 Å². The molecule has 0 aromatic rings. The summed E-state index contributed by atoms with van der Waals surface area (Å²) in [7, 11) is 1.83. The average Bonchev–Trinajstić information content (AvgIpc) is 2.95. The minimum atomic E-state index is 0.159. The Morgan fingerprint density at radius 3 is 2.68 bits per heavy atom. The molecule has 1 N–H and O–H groups in total. The molecule has 3 fully saturated rings. The highest BCUT2D eigenvalue weighted by Crippen LogP contribution is 2.46. The third kappa shape index (κ3) is 3.42. The maximum atomic E-state index is 12.5. The van der Waals surface area contributed by atoms with Gasteiger partial charge in [-0.2, -0.15) is 0 Å². The molecule has 0 bridgehead atoms. The van der Waals surface area contributed by atoms with Crippen LogP contribution in [0.1, 0.15) is 64.2 Å². The predicted molar refractivity (Wildman–Crippen MR) is 87.9 cm³/mol. The number of likely N-dealkylation sites (tertiary alicyclic amines) is 1. The molecular weight excluding hydrogens is 276 g/mol. The standard InChI is InChI=1S/C18H32N2O2/c1-22-16-9-5-10-18(16)11-6-12-20(14-18)17(21)19-13-15-7-3-2-4-8-15/h15-16H,2-14H2,1H3,(H,19,21)/t16-,18-/m1/s1. The Morgan fingerprint density at radius 2 is 1.91 bits per heavy atom. The molecule has 4 heteroatoms. The number of methoxy groups -OCH3 is 1. The third-order valence-corrected chi connectivity index (χ3v) is 6.27. The Balaban J connectivity index is 1.51. The molecule has 22 heavy (non-hydrogen) atoms. The first kappa shape index (κ1) is 16.1. The van der Waals surface area contributed by atoms with Gasteiger partial charge in [0, 0.05) is 32.2 Å². The number of urea groups is 1. The fraction of sp³-hybridized carbons (Fsp3) is 0.944. The molecule has 0 aromatic heterocycles. The molecule has 2 amide bonds. The molecule has 1 spiro atoms. The van der Waals surface area contributed by atoms with Gasteiger partial charge in [-0.05, 0) is 44.4 Å². The predicted octanol–water partition coefficient (Wildman–Crippen LogP) is 3.56. The number of ether oxygens (including phenoxy) is 1. The lowest BCUT2D eigenvalue weighted by atomic mass is 9.76. The number of rotatable bonds is 3. The molecule has 3 rings (SSSR count). The van der Waals surface area contributed by atoms with Crippen molar-refractivity contribution in [3.63, 3.8) is 0 Å². The zero-order valence-electron chi connectivity index (χ0n) is 14.1. The van der Waals surface area contributed by atoms with Gasteiger partial charge in [0.2, 0.25) is 0 Å². The molecule has 2 saturated carbocycles. The van der Waals surface area contributed by atoms with E-state index in [-0.39, 0.29) is 11.4 Å². The van der Waals surface area contributed by atoms with E-state index in [1.165, 1.54) is 51.4 Å². The van der Waals surface area contributed by atoms with Crippen molar-refractivity contribution in [1.29, 1.82) is 0 Å². The molecule has 3 aliphatic rings. The molecular formula is C18H32N2O2. The van der Waals surface area contributed by atoms with Gasteiger partial charge in [-0.3, -0.25) is 0 Å². The second kappa shape index (κ2) is 7.20. The lowest BCUT2D eigenvalue weighted by Crippen LogP contribution is -2.53. The van der Waals surface area contributed by atoms with Crippen molar-refractivity contribution in [3.05, 3.63) is 0 Å². The van der Waals surface area contributed by atoms with Gasteiger partial charge in [-0.1, -0.05) is 25.7 Å². The van der Waals surface area contributed by atoms with Crippen molar-refractivity contribution in [2.75, 3.05) is 26.7 Å². The number of hydrogen-bond acceptors (Lipinski definition) is 2. The van der Waals surface area contributed by atoms with Crippen molar-refractivity contribution in [3.8, 4) is 0 Å². The zero-order valence-corrected chi connectivity index (χ0v) is 14.1. The summed E-state index contributed by atoms with van der Waals surface area (Å²) in [5.41, 5.74) is 0.231. The maximum Gasteiger partial charge on any atom is 0.317 e. The highest BCUT2D eigenvalue weighted by Gasteiger charge is 2.46. The van der Waals surface area contributed by atoms with Crippen molar-refractivity contribution >= 4 is 6.03 Å². The fourth-order valence-electron chi connectivity index (χ4n) is 5.01. The molecule has 1 aliphatic heterocycles. The van der Waals surface area contributed by atoms with Crippen molar-refractivity contribution in [2.24, 2.45) is 11.3 Å². The van der Waals surface area contributed by atoms with Gasteiger partial charge in [-0.15, -0.1) is 0 Å². The van der Waals surface area contributed by atoms with Crippen LogP contribution in [0.4, 0.5) is 4.79 Å². The Hall–Kier alpha value is -0.770. The van der Waals surface area contributed by atoms with Crippen molar-refractivity contribution < 1.29 is 9.53 Å². The van der Waals surface area contributed by atoms with Gasteiger partial charge in [0.15, 0.2) is 0 Å². The van der Waals surface area contributed by atoms with Crippen LogP contribution in [-0.2, 0) is 4.74 Å². The smallest absolute Gasteiger partial charge is 0.317 e. The Kier molecular flexibility index (Phi) is 5.27. The molecule has 2 atom stereocenters. The van der Waals surface area contributed by atoms with Crippen LogP contribution in [0.3, 0.4) is 0 Å². The lowest BCUT2D eigenvalue weighted by molar-refractivity contribution is -0.0256. The monoisotopic (exact) mass is 308 g/mol. The van der Waals surface area contributed by atoms with Crippen LogP contribution in [-0.4, -0.2) is 43.8 Å². The Bertz CT molecular complexity index is 381. The van der Waals surface area contributed by atoms with Gasteiger partial charge < -0.3 is 15.0 Å². The van der Waals surface area contributed by atoms with Crippen LogP contribution in [0.2, 0.25) is 0 Å². The lowest BCUT2D eigenvalue weighted by Gasteiger charge is -2.43. The van der Waals surface area contributed by atoms with Gasteiger partial charge in [-0.25, -0.2) is 4.79 Å². The van der Waals surface area contributed by atoms with Gasteiger partial charge in [0.05, 0.1) is 6.10 Å². The number of nitrogens with zero attached hydrogens (tertiary/aromatic N) is 1. The first-order chi connectivity index (χ1) is 10.7. The largest absolute Gasteiger partial charge is 0.381 e. The summed E-state index contributed by atoms with van der Waals surface area (Å²) in [6.45, 7) is 2.67. The van der Waals surface area contributed by atoms with Crippen LogP contribution in [0.5, 0.6) is 0 Å². The molecule has 0 radical (unpaired) electrons. The second-order valence-electron chi connectivity index (χ2n) is 7.69. The molecule has 126 valence electrons. The van der Waals surface area contributed by atoms with Crippen LogP contribution >= 0.6 is 0 Å². The summed E-state index contributed by atoms with van der Waals surface area (Å²) in [6, 6.07) is 0.159. The number of carbonyl (C=O) groups excluding carboxylic acids is 1. The number of nitrogens with one attached hydrogen (secondary N) is 1. The first-order valence-corrected chi connectivity index (χ1v) is 9.29. The second-order valence-corrected chi connectivity index (χ2v) is 7.69. The van der Waals surface area contributed by atoms with E-state index >= 15 is 0 Å². The van der Waals surface area contributed by atoms with Crippen molar-refractivity contribution in [2.45, 2.75) is 70.3 Å². The summed E-state index contributed by atoms with van der Waals surface area (Å²) in [4.78, 5) is 14.6. The van der Waals surface area contributed by atoms with Gasteiger partial charge in [0.25, 0.3) is 0 Å². The van der Waals surface area contributed by atoms with E-state index in [1.807, 2.05) is 7.11 Å². The number of hydrogen-bond donors (Lipinski definition) is 1. The van der Waals surface area contributed by atoms with E-state index in [1.54, 1.807) is 0 Å². The third-order valence-electron chi connectivity index (χ3n) is 6.27. The Morgan fingerprint density at radius 1 is 1.14 bits per heavy atom. The van der Waals surface area contributed by atoms with E-state index in [2.05, 4.69) is 10.2 Å². The minimum Gasteiger partial charge on any atom is -0.381 e. The molecule has 0 aromatic carbocycles. The van der Waals surface area contributed by atoms with E-state index in [9.17, 15) is 4.79 Å². The molecule has 2 aliphatic carbocycles. The van der Waals surface area contributed by atoms with Gasteiger partial charge in [0.1, 0.15) is 0 Å². The number of amides is 2. The average molecular weight is 308 g/mol. The van der Waals surface area contributed by atoms with E-state index in [0.717, 1.165) is 32.5 Å². The molecule has 0 unspecified atom stereocenters. The van der Waals surface area contributed by atoms with Crippen LogP contribution in [0, 0.1) is 11.3 Å². The summed E-state index contributed by atoms with van der Waals surface area (Å²) in [5, 5.41) is 3.21. The summed E-state index contributed by atoms with van der Waals surface area (Å²) in [5.74, 6) is 0.703. The number of carbonyl (C=O) groups is 1. The van der Waals surface area contributed by atoms with Crippen molar-refractivity contribution in [1.82, 2.24) is 10.2 Å². The zero-order chi connectivity index (χ0) is 15.4. The molecule has 4 nitrogen and oxygen atoms in total. The maximum absolute atomic E-state index is 12.5. The normalized spacial score (nSPS) is 33.3. The topological polar surface area (TPSA) is 41.6 Å². The first-order valence-electron chi connectivity index (χ1n) is 9.29. The van der Waals surface area contributed by atoms with E-state index < -0.39 is 0 Å². The minimum absolute atomic E-state index is 0.159. The Labute approximate surface area is 135 Å². The summed E-state index contributed by atoms with van der Waals surface area (Å²) >= 11 is 0. The quantitative estimate of drug-likeness (QED) is 0.866. The highest BCUT2D eigenvalue weighted by atomic mass is 16.5. The fourth-order valence-corrected chi connectivity index (χ4v) is 5.01. The van der Waals surface area contributed by atoms with Crippen LogP contribution in [0.25, 0.3) is 0 Å². The SMILES string of the molecule is CO[C@@H]1CCC[C@]12CCCN(C(=O)NCC1CCCCC1)C2. The van der Waals surface area contributed by atoms with E-state index in [0.29, 0.717) is 12.0 Å². The van der Waals surface area contributed by atoms with Crippen LogP contribution < -0.4 is 5.32 Å². The molecule has 1 saturated heterocycles. The summed E-state index contributed by atoms with van der Waals surface area (Å²) < 4.78 is 5.73. The number of piperidine rings is 1. The molecule has 1 heterocycles. The van der Waals surface area contributed by atoms with Gasteiger partial charge >= 0.3 is 6.03 Å².